The van der Waals surface area contributed by atoms with Crippen molar-refractivity contribution in [1.29, 1.82) is 0 Å². The minimum atomic E-state index is -0.404. The lowest BCUT2D eigenvalue weighted by molar-refractivity contribution is 0.645. The van der Waals surface area contributed by atoms with Gasteiger partial charge in [0, 0.05) is 71.9 Å². The van der Waals surface area contributed by atoms with Gasteiger partial charge in [-0.2, -0.15) is 0 Å². The second kappa shape index (κ2) is 17.8. The van der Waals surface area contributed by atoms with Gasteiger partial charge < -0.3 is 18.6 Å². The van der Waals surface area contributed by atoms with Crippen molar-refractivity contribution in [3.63, 3.8) is 0 Å². The van der Waals surface area contributed by atoms with Crippen LogP contribution in [0.2, 0.25) is 0 Å². The molecule has 3 aliphatic carbocycles. The van der Waals surface area contributed by atoms with Crippen molar-refractivity contribution in [2.45, 2.75) is 57.8 Å². The standard InChI is InChI=1S/C83H60N2O2/c1-81(2)68-26-14-10-21-56(68)58-37-31-53(46-71(58)81)84(51-35-41-76-66(44-51)60-23-12-16-29-74(60)86-76)50-33-39-63-65(43-50)62-25-18-28-70-79(62)80(78(63)49-19-8-7-9-20-49)64-40-34-55(48-73(64)83(70,5)6)85(52-36-42-77-67(45-52)61-24-13-17-30-75(61)87-77)54-32-38-59-57-22-11-15-27-69(57)82(3,4)72(59)47-54/h7-48H,1-6H3. The van der Waals surface area contributed by atoms with Gasteiger partial charge in [0.1, 0.15) is 22.3 Å². The van der Waals surface area contributed by atoms with Crippen LogP contribution in [-0.4, -0.2) is 0 Å². The third-order valence-electron chi connectivity index (χ3n) is 20.2. The smallest absolute Gasteiger partial charge is 0.135 e. The summed E-state index contributed by atoms with van der Waals surface area (Å²) < 4.78 is 12.9. The predicted octanol–water partition coefficient (Wildman–Crippen LogP) is 23.3. The Morgan fingerprint density at radius 1 is 0.241 bits per heavy atom. The van der Waals surface area contributed by atoms with Crippen LogP contribution in [0.5, 0.6) is 0 Å². The molecule has 0 atom stereocenters. The van der Waals surface area contributed by atoms with E-state index < -0.39 is 5.41 Å². The summed E-state index contributed by atoms with van der Waals surface area (Å²) in [6.07, 6.45) is 0. The highest BCUT2D eigenvalue weighted by Gasteiger charge is 2.40. The van der Waals surface area contributed by atoms with Crippen molar-refractivity contribution in [3.05, 3.63) is 288 Å². The fraction of sp³-hybridized carbons (Fsp3) is 0.108. The summed E-state index contributed by atoms with van der Waals surface area (Å²) in [4.78, 5) is 4.95. The van der Waals surface area contributed by atoms with Gasteiger partial charge in [-0.3, -0.25) is 0 Å². The van der Waals surface area contributed by atoms with Crippen LogP contribution in [0.25, 0.3) is 110 Å². The number of hydrogen-bond donors (Lipinski definition) is 0. The number of anilines is 6. The minimum Gasteiger partial charge on any atom is -0.456 e. The summed E-state index contributed by atoms with van der Waals surface area (Å²) in [6, 6.07) is 95.0. The molecule has 87 heavy (non-hydrogen) atoms. The maximum atomic E-state index is 6.45. The number of furan rings is 2. The Morgan fingerprint density at radius 2 is 0.621 bits per heavy atom. The van der Waals surface area contributed by atoms with Crippen LogP contribution >= 0.6 is 0 Å². The molecule has 0 aliphatic heterocycles. The van der Waals surface area contributed by atoms with Gasteiger partial charge in [0.15, 0.2) is 0 Å². The van der Waals surface area contributed by atoms with Crippen molar-refractivity contribution >= 4 is 99.5 Å². The Kier molecular flexibility index (Phi) is 10.2. The van der Waals surface area contributed by atoms with Gasteiger partial charge in [0.25, 0.3) is 0 Å². The van der Waals surface area contributed by atoms with Crippen molar-refractivity contribution in [2.24, 2.45) is 0 Å². The van der Waals surface area contributed by atoms with Crippen LogP contribution < -0.4 is 9.80 Å². The van der Waals surface area contributed by atoms with Crippen molar-refractivity contribution in [3.8, 4) is 44.5 Å². The van der Waals surface area contributed by atoms with E-state index in [0.29, 0.717) is 0 Å². The third-order valence-corrected chi connectivity index (χ3v) is 20.2. The molecule has 3 aliphatic rings. The first-order valence-electron chi connectivity index (χ1n) is 30.6. The van der Waals surface area contributed by atoms with Gasteiger partial charge in [-0.1, -0.05) is 199 Å². The van der Waals surface area contributed by atoms with E-state index in [-0.39, 0.29) is 10.8 Å². The molecule has 0 spiro atoms. The topological polar surface area (TPSA) is 32.8 Å². The molecule has 0 amide bonds. The molecule has 0 unspecified atom stereocenters. The first-order chi connectivity index (χ1) is 42.4. The summed E-state index contributed by atoms with van der Waals surface area (Å²) in [6.45, 7) is 14.4. The van der Waals surface area contributed by atoms with E-state index in [2.05, 4.69) is 294 Å². The summed E-state index contributed by atoms with van der Waals surface area (Å²) in [5.74, 6) is 0. The van der Waals surface area contributed by atoms with Gasteiger partial charge in [0.2, 0.25) is 0 Å². The first kappa shape index (κ1) is 50.0. The van der Waals surface area contributed by atoms with E-state index in [1.807, 2.05) is 12.1 Å². The second-order valence-electron chi connectivity index (χ2n) is 26.0. The highest BCUT2D eigenvalue weighted by atomic mass is 16.3. The molecule has 0 N–H and O–H groups in total. The van der Waals surface area contributed by atoms with Crippen LogP contribution in [0.4, 0.5) is 34.1 Å². The van der Waals surface area contributed by atoms with Gasteiger partial charge in [-0.05, 0) is 196 Å². The predicted molar refractivity (Wildman–Crippen MR) is 364 cm³/mol. The summed E-state index contributed by atoms with van der Waals surface area (Å²) in [5.41, 5.74) is 27.5. The van der Waals surface area contributed by atoms with E-state index in [4.69, 9.17) is 8.83 Å². The molecule has 414 valence electrons. The molecule has 13 aromatic carbocycles. The molecule has 15 aromatic rings. The van der Waals surface area contributed by atoms with Crippen molar-refractivity contribution < 1.29 is 8.83 Å². The number of fused-ring (bicyclic) bond motifs is 16. The lowest BCUT2D eigenvalue weighted by Gasteiger charge is -2.38. The molecule has 2 heterocycles. The Bertz CT molecular complexity index is 5460. The third kappa shape index (κ3) is 7.01. The molecular weight excluding hydrogens is 1060 g/mol. The van der Waals surface area contributed by atoms with Crippen LogP contribution in [-0.2, 0) is 16.2 Å². The van der Waals surface area contributed by atoms with Crippen LogP contribution in [0.1, 0.15) is 74.9 Å². The molecule has 0 fully saturated rings. The molecule has 0 saturated heterocycles. The summed E-state index contributed by atoms with van der Waals surface area (Å²) >= 11 is 0. The average Bonchev–Trinajstić information content (AvgIpc) is 1.61. The molecular formula is C83H60N2O2. The van der Waals surface area contributed by atoms with Crippen molar-refractivity contribution in [1.82, 2.24) is 0 Å². The SMILES string of the molecule is CC1(C)c2ccccc2-c2ccc(N(c3ccc4c(c3)C(C)(C)c3cccc5c3c-4c(-c3ccccc3)c3ccc(N(c4ccc6c(c4)C(C)(C)c4ccccc4-6)c4ccc6oc7ccccc7c6c4)cc35)c3ccc4oc5ccccc5c4c3)cc21. The number of benzene rings is 13. The van der Waals surface area contributed by atoms with Gasteiger partial charge >= 0.3 is 0 Å². The maximum Gasteiger partial charge on any atom is 0.135 e. The van der Waals surface area contributed by atoms with E-state index in [1.54, 1.807) is 0 Å². The number of nitrogens with zero attached hydrogens (tertiary/aromatic N) is 2. The van der Waals surface area contributed by atoms with Crippen LogP contribution in [0, 0.1) is 0 Å². The number of para-hydroxylation sites is 2. The zero-order valence-corrected chi connectivity index (χ0v) is 49.5. The van der Waals surface area contributed by atoms with Gasteiger partial charge in [-0.15, -0.1) is 0 Å². The zero-order chi connectivity index (χ0) is 58.2. The van der Waals surface area contributed by atoms with Gasteiger partial charge in [-0.25, -0.2) is 0 Å². The Morgan fingerprint density at radius 3 is 1.17 bits per heavy atom. The Balaban J connectivity index is 0.857. The Hall–Kier alpha value is -10.4. The monoisotopic (exact) mass is 1120 g/mol. The molecule has 0 saturated carbocycles. The van der Waals surface area contributed by atoms with Crippen LogP contribution in [0.3, 0.4) is 0 Å². The minimum absolute atomic E-state index is 0.176. The van der Waals surface area contributed by atoms with E-state index in [1.165, 1.54) is 99.4 Å². The summed E-state index contributed by atoms with van der Waals surface area (Å²) in [5, 5.41) is 9.39. The van der Waals surface area contributed by atoms with Gasteiger partial charge in [0.05, 0.1) is 0 Å². The molecule has 2 aromatic heterocycles. The van der Waals surface area contributed by atoms with Crippen molar-refractivity contribution in [2.75, 3.05) is 9.80 Å². The largest absolute Gasteiger partial charge is 0.456 e. The summed E-state index contributed by atoms with van der Waals surface area (Å²) in [7, 11) is 0. The zero-order valence-electron chi connectivity index (χ0n) is 49.5. The Labute approximate surface area is 505 Å². The lowest BCUT2D eigenvalue weighted by atomic mass is 9.66. The number of rotatable bonds is 7. The van der Waals surface area contributed by atoms with E-state index in [0.717, 1.165) is 78.0 Å². The molecule has 0 radical (unpaired) electrons. The average molecular weight is 1120 g/mol. The maximum absolute atomic E-state index is 6.45. The highest BCUT2D eigenvalue weighted by molar-refractivity contribution is 6.25. The lowest BCUT2D eigenvalue weighted by Crippen LogP contribution is -2.25. The molecule has 4 heteroatoms. The molecule has 18 rings (SSSR count). The second-order valence-corrected chi connectivity index (χ2v) is 26.0. The fourth-order valence-corrected chi connectivity index (χ4v) is 15.9. The fourth-order valence-electron chi connectivity index (χ4n) is 15.9. The highest BCUT2D eigenvalue weighted by Crippen LogP contribution is 2.58. The first-order valence-corrected chi connectivity index (χ1v) is 30.6. The molecule has 0 bridgehead atoms. The van der Waals surface area contributed by atoms with Crippen LogP contribution in [0.15, 0.2) is 264 Å². The van der Waals surface area contributed by atoms with E-state index in [9.17, 15) is 0 Å². The van der Waals surface area contributed by atoms with E-state index >= 15 is 0 Å². The normalized spacial score (nSPS) is 14.6. The number of hydrogen-bond acceptors (Lipinski definition) is 4. The quantitative estimate of drug-likeness (QED) is 0.149. The molecule has 4 nitrogen and oxygen atoms in total.